The van der Waals surface area contributed by atoms with Gasteiger partial charge in [-0.2, -0.15) is 4.39 Å². The Hall–Kier alpha value is -2.44. The SMILES string of the molecule is C=CC(=O)OCCCOc1ccc(C(=O)O)c(F)c1F. The minimum absolute atomic E-state index is 0.0206. The molecular weight excluding hydrogens is 274 g/mol. The third-order valence-corrected chi connectivity index (χ3v) is 2.23. The van der Waals surface area contributed by atoms with Gasteiger partial charge in [-0.15, -0.1) is 0 Å². The van der Waals surface area contributed by atoms with Gasteiger partial charge in [0.2, 0.25) is 5.82 Å². The van der Waals surface area contributed by atoms with Crippen molar-refractivity contribution in [2.24, 2.45) is 0 Å². The minimum atomic E-state index is -1.57. The van der Waals surface area contributed by atoms with E-state index in [1.54, 1.807) is 0 Å². The standard InChI is InChI=1S/C13H12F2O5/c1-2-10(16)20-7-3-6-19-9-5-4-8(13(17)18)11(14)12(9)15/h2,4-5H,1,3,6-7H2,(H,17,18). The molecule has 0 radical (unpaired) electrons. The third kappa shape index (κ3) is 4.04. The summed E-state index contributed by atoms with van der Waals surface area (Å²) in [4.78, 5) is 21.3. The predicted octanol–water partition coefficient (Wildman–Crippen LogP) is 2.16. The molecule has 1 aromatic rings. The summed E-state index contributed by atoms with van der Waals surface area (Å²) in [6.07, 6.45) is 1.27. The number of carbonyl (C=O) groups is 2. The topological polar surface area (TPSA) is 72.8 Å². The van der Waals surface area contributed by atoms with Gasteiger partial charge in [-0.25, -0.2) is 14.0 Å². The number of carboxylic acids is 1. The molecule has 0 unspecified atom stereocenters. The lowest BCUT2D eigenvalue weighted by Gasteiger charge is -2.08. The maximum Gasteiger partial charge on any atom is 0.338 e. The molecule has 1 rings (SSSR count). The van der Waals surface area contributed by atoms with Crippen LogP contribution in [0.2, 0.25) is 0 Å². The summed E-state index contributed by atoms with van der Waals surface area (Å²) >= 11 is 0. The van der Waals surface area contributed by atoms with Crippen molar-refractivity contribution < 1.29 is 33.0 Å². The van der Waals surface area contributed by atoms with E-state index in [4.69, 9.17) is 9.84 Å². The number of rotatable bonds is 7. The Morgan fingerprint density at radius 1 is 1.25 bits per heavy atom. The van der Waals surface area contributed by atoms with Crippen LogP contribution in [0.25, 0.3) is 0 Å². The zero-order valence-electron chi connectivity index (χ0n) is 10.4. The van der Waals surface area contributed by atoms with Gasteiger partial charge >= 0.3 is 11.9 Å². The van der Waals surface area contributed by atoms with Crippen LogP contribution in [0.3, 0.4) is 0 Å². The number of aromatic carboxylic acids is 1. The van der Waals surface area contributed by atoms with E-state index < -0.39 is 34.9 Å². The molecule has 0 amide bonds. The zero-order valence-corrected chi connectivity index (χ0v) is 10.4. The average molecular weight is 286 g/mol. The van der Waals surface area contributed by atoms with Crippen molar-refractivity contribution in [3.05, 3.63) is 42.0 Å². The highest BCUT2D eigenvalue weighted by Gasteiger charge is 2.18. The third-order valence-electron chi connectivity index (χ3n) is 2.23. The lowest BCUT2D eigenvalue weighted by molar-refractivity contribution is -0.137. The van der Waals surface area contributed by atoms with Crippen molar-refractivity contribution in [2.45, 2.75) is 6.42 Å². The first kappa shape index (κ1) is 15.6. The zero-order chi connectivity index (χ0) is 15.1. The molecule has 1 aromatic carbocycles. The summed E-state index contributed by atoms with van der Waals surface area (Å²) in [6.45, 7) is 3.23. The van der Waals surface area contributed by atoms with Gasteiger partial charge in [0.1, 0.15) is 0 Å². The molecule has 0 aromatic heterocycles. The van der Waals surface area contributed by atoms with Crippen LogP contribution in [0.15, 0.2) is 24.8 Å². The van der Waals surface area contributed by atoms with Gasteiger partial charge < -0.3 is 14.6 Å². The number of halogens is 2. The number of benzene rings is 1. The van der Waals surface area contributed by atoms with Crippen LogP contribution < -0.4 is 4.74 Å². The molecule has 0 bridgehead atoms. The van der Waals surface area contributed by atoms with Crippen LogP contribution in [0, 0.1) is 11.6 Å². The highest BCUT2D eigenvalue weighted by atomic mass is 19.2. The first-order valence-corrected chi connectivity index (χ1v) is 5.60. The Morgan fingerprint density at radius 3 is 2.55 bits per heavy atom. The summed E-state index contributed by atoms with van der Waals surface area (Å²) in [7, 11) is 0. The first-order valence-electron chi connectivity index (χ1n) is 5.60. The lowest BCUT2D eigenvalue weighted by Crippen LogP contribution is -2.09. The Bertz CT molecular complexity index is 528. The maximum atomic E-state index is 13.5. The van der Waals surface area contributed by atoms with Crippen molar-refractivity contribution in [1.29, 1.82) is 0 Å². The van der Waals surface area contributed by atoms with E-state index in [0.717, 1.165) is 18.2 Å². The number of esters is 1. The van der Waals surface area contributed by atoms with E-state index in [1.807, 2.05) is 0 Å². The fourth-order valence-corrected chi connectivity index (χ4v) is 1.28. The fraction of sp³-hybridized carbons (Fsp3) is 0.231. The number of ether oxygens (including phenoxy) is 2. The van der Waals surface area contributed by atoms with Crippen LogP contribution in [0.4, 0.5) is 8.78 Å². The predicted molar refractivity (Wildman–Crippen MR) is 64.6 cm³/mol. The van der Waals surface area contributed by atoms with Gasteiger partial charge in [0.05, 0.1) is 18.8 Å². The second-order valence-electron chi connectivity index (χ2n) is 3.62. The molecule has 7 heteroatoms. The molecule has 108 valence electrons. The van der Waals surface area contributed by atoms with E-state index in [9.17, 15) is 18.4 Å². The molecule has 0 aliphatic heterocycles. The monoisotopic (exact) mass is 286 g/mol. The Labute approximate surface area is 113 Å². The quantitative estimate of drug-likeness (QED) is 0.472. The van der Waals surface area contributed by atoms with Crippen molar-refractivity contribution in [3.8, 4) is 5.75 Å². The van der Waals surface area contributed by atoms with Crippen LogP contribution in [-0.2, 0) is 9.53 Å². The van der Waals surface area contributed by atoms with Crippen LogP contribution in [0.1, 0.15) is 16.8 Å². The second kappa shape index (κ2) is 7.22. The lowest BCUT2D eigenvalue weighted by atomic mass is 10.2. The summed E-state index contributed by atoms with van der Waals surface area (Å²) in [6, 6.07) is 1.94. The number of carboxylic acid groups (broad SMARTS) is 1. The van der Waals surface area contributed by atoms with E-state index >= 15 is 0 Å². The Balaban J connectivity index is 2.53. The first-order chi connectivity index (χ1) is 9.47. The molecule has 0 saturated heterocycles. The molecule has 0 spiro atoms. The highest BCUT2D eigenvalue weighted by Crippen LogP contribution is 2.22. The van der Waals surface area contributed by atoms with Crippen molar-refractivity contribution in [1.82, 2.24) is 0 Å². The van der Waals surface area contributed by atoms with E-state index in [0.29, 0.717) is 0 Å². The summed E-state index contributed by atoms with van der Waals surface area (Å²) in [5.74, 6) is -5.40. The molecule has 0 aliphatic rings. The Morgan fingerprint density at radius 2 is 1.95 bits per heavy atom. The van der Waals surface area contributed by atoms with Gasteiger partial charge in [-0.1, -0.05) is 6.58 Å². The van der Waals surface area contributed by atoms with E-state index in [2.05, 4.69) is 11.3 Å². The summed E-state index contributed by atoms with van der Waals surface area (Å²) in [5, 5.41) is 8.60. The normalized spacial score (nSPS) is 9.90. The molecule has 0 heterocycles. The van der Waals surface area contributed by atoms with Crippen molar-refractivity contribution in [3.63, 3.8) is 0 Å². The minimum Gasteiger partial charge on any atom is -0.490 e. The van der Waals surface area contributed by atoms with Crippen LogP contribution in [-0.4, -0.2) is 30.3 Å². The number of hydrogen-bond donors (Lipinski definition) is 1. The molecular formula is C13H12F2O5. The summed E-state index contributed by atoms with van der Waals surface area (Å²) in [5.41, 5.74) is -0.769. The van der Waals surface area contributed by atoms with Crippen LogP contribution in [0.5, 0.6) is 5.75 Å². The smallest absolute Gasteiger partial charge is 0.338 e. The van der Waals surface area contributed by atoms with Crippen molar-refractivity contribution >= 4 is 11.9 Å². The van der Waals surface area contributed by atoms with E-state index in [-0.39, 0.29) is 19.6 Å². The van der Waals surface area contributed by atoms with Crippen LogP contribution >= 0.6 is 0 Å². The van der Waals surface area contributed by atoms with Gasteiger partial charge in [-0.3, -0.25) is 0 Å². The van der Waals surface area contributed by atoms with Gasteiger partial charge in [0, 0.05) is 12.5 Å². The fourth-order valence-electron chi connectivity index (χ4n) is 1.28. The highest BCUT2D eigenvalue weighted by molar-refractivity contribution is 5.88. The molecule has 1 N–H and O–H groups in total. The number of hydrogen-bond acceptors (Lipinski definition) is 4. The average Bonchev–Trinajstić information content (AvgIpc) is 2.42. The van der Waals surface area contributed by atoms with Gasteiger partial charge in [0.25, 0.3) is 0 Å². The molecule has 5 nitrogen and oxygen atoms in total. The molecule has 0 fully saturated rings. The van der Waals surface area contributed by atoms with Gasteiger partial charge in [-0.05, 0) is 12.1 Å². The second-order valence-corrected chi connectivity index (χ2v) is 3.62. The molecule has 0 aliphatic carbocycles. The molecule has 0 saturated carbocycles. The van der Waals surface area contributed by atoms with Crippen molar-refractivity contribution in [2.75, 3.05) is 13.2 Å². The van der Waals surface area contributed by atoms with E-state index in [1.165, 1.54) is 0 Å². The maximum absolute atomic E-state index is 13.5. The largest absolute Gasteiger partial charge is 0.490 e. The summed E-state index contributed by atoms with van der Waals surface area (Å²) < 4.78 is 36.4. The molecule has 20 heavy (non-hydrogen) atoms. The molecule has 0 atom stereocenters. The Kier molecular flexibility index (Phi) is 5.64. The number of carbonyl (C=O) groups excluding carboxylic acids is 1. The van der Waals surface area contributed by atoms with Gasteiger partial charge in [0.15, 0.2) is 11.6 Å².